The Morgan fingerprint density at radius 1 is 1.44 bits per heavy atom. The Labute approximate surface area is 102 Å². The van der Waals surface area contributed by atoms with Crippen LogP contribution in [0.5, 0.6) is 0 Å². The summed E-state index contributed by atoms with van der Waals surface area (Å²) < 4.78 is 31.1. The molecule has 0 amide bonds. The number of ether oxygens (including phenoxy) is 1. The summed E-state index contributed by atoms with van der Waals surface area (Å²) in [6.45, 7) is 1.56. The minimum absolute atomic E-state index is 0.151. The number of methoxy groups -OCH3 is 1. The van der Waals surface area contributed by atoms with Crippen molar-refractivity contribution < 1.29 is 13.5 Å². The van der Waals surface area contributed by atoms with Gasteiger partial charge in [-0.05, 0) is 0 Å². The molecule has 16 heavy (non-hydrogen) atoms. The van der Waals surface area contributed by atoms with Crippen molar-refractivity contribution in [3.63, 3.8) is 0 Å². The minimum Gasteiger partial charge on any atom is -0.383 e. The predicted octanol–water partition coefficient (Wildman–Crippen LogP) is 2.21. The van der Waals surface area contributed by atoms with Crippen molar-refractivity contribution in [2.75, 3.05) is 37.0 Å². The second-order valence-corrected chi connectivity index (χ2v) is 3.92. The van der Waals surface area contributed by atoms with Crippen LogP contribution in [0.4, 0.5) is 14.6 Å². The topological polar surface area (TPSA) is 25.4 Å². The summed E-state index contributed by atoms with van der Waals surface area (Å²) >= 11 is 3.27. The standard InChI is InChI=1S/C10H13BrF2N2O/c1-16-5-4-15(3-2-11)10-9(13)6-8(12)7-14-10/h6-7H,2-5H2,1H3. The fourth-order valence-corrected chi connectivity index (χ4v) is 1.70. The molecule has 1 aromatic heterocycles. The van der Waals surface area contributed by atoms with Crippen molar-refractivity contribution in [1.82, 2.24) is 4.98 Å². The number of alkyl halides is 1. The molecular formula is C10H13BrF2N2O. The molecule has 90 valence electrons. The van der Waals surface area contributed by atoms with Gasteiger partial charge in [0, 0.05) is 31.6 Å². The lowest BCUT2D eigenvalue weighted by Gasteiger charge is -2.22. The van der Waals surface area contributed by atoms with Gasteiger partial charge in [-0.2, -0.15) is 0 Å². The molecule has 6 heteroatoms. The molecule has 0 spiro atoms. The van der Waals surface area contributed by atoms with E-state index in [1.54, 1.807) is 12.0 Å². The first-order valence-corrected chi connectivity index (χ1v) is 5.92. The number of halogens is 3. The number of rotatable bonds is 6. The highest BCUT2D eigenvalue weighted by Crippen LogP contribution is 2.16. The van der Waals surface area contributed by atoms with Crippen LogP contribution in [0.1, 0.15) is 0 Å². The minimum atomic E-state index is -0.674. The average Bonchev–Trinajstić information content (AvgIpc) is 2.25. The van der Waals surface area contributed by atoms with Crippen LogP contribution in [0.25, 0.3) is 0 Å². The first kappa shape index (κ1) is 13.3. The van der Waals surface area contributed by atoms with Crippen molar-refractivity contribution in [3.05, 3.63) is 23.9 Å². The maximum atomic E-state index is 13.5. The van der Waals surface area contributed by atoms with Gasteiger partial charge in [-0.1, -0.05) is 15.9 Å². The molecule has 0 aromatic carbocycles. The molecule has 0 aliphatic heterocycles. The fourth-order valence-electron chi connectivity index (χ4n) is 1.27. The quantitative estimate of drug-likeness (QED) is 0.752. The molecule has 0 aliphatic carbocycles. The average molecular weight is 295 g/mol. The van der Waals surface area contributed by atoms with E-state index >= 15 is 0 Å². The van der Waals surface area contributed by atoms with Crippen LogP contribution in [-0.2, 0) is 4.74 Å². The van der Waals surface area contributed by atoms with Gasteiger partial charge in [-0.25, -0.2) is 13.8 Å². The second-order valence-electron chi connectivity index (χ2n) is 3.13. The molecule has 0 N–H and O–H groups in total. The van der Waals surface area contributed by atoms with Crippen LogP contribution in [0, 0.1) is 11.6 Å². The van der Waals surface area contributed by atoms with Gasteiger partial charge >= 0.3 is 0 Å². The largest absolute Gasteiger partial charge is 0.383 e. The SMILES string of the molecule is COCCN(CCBr)c1ncc(F)cc1F. The smallest absolute Gasteiger partial charge is 0.168 e. The monoisotopic (exact) mass is 294 g/mol. The highest BCUT2D eigenvalue weighted by molar-refractivity contribution is 9.09. The van der Waals surface area contributed by atoms with Crippen molar-refractivity contribution in [3.8, 4) is 0 Å². The second kappa shape index (κ2) is 6.75. The van der Waals surface area contributed by atoms with Crippen molar-refractivity contribution in [2.45, 2.75) is 0 Å². The van der Waals surface area contributed by atoms with E-state index in [0.717, 1.165) is 12.3 Å². The van der Waals surface area contributed by atoms with Gasteiger partial charge in [0.05, 0.1) is 12.8 Å². The third-order valence-corrected chi connectivity index (χ3v) is 2.36. The van der Waals surface area contributed by atoms with Gasteiger partial charge in [0.15, 0.2) is 11.6 Å². The molecule has 0 atom stereocenters. The van der Waals surface area contributed by atoms with Gasteiger partial charge in [-0.3, -0.25) is 0 Å². The highest BCUT2D eigenvalue weighted by Gasteiger charge is 2.13. The summed E-state index contributed by atoms with van der Waals surface area (Å²) in [7, 11) is 1.57. The van der Waals surface area contributed by atoms with Crippen LogP contribution in [0.15, 0.2) is 12.3 Å². The maximum Gasteiger partial charge on any atom is 0.168 e. The highest BCUT2D eigenvalue weighted by atomic mass is 79.9. The van der Waals surface area contributed by atoms with E-state index in [1.165, 1.54) is 0 Å². The predicted molar refractivity (Wildman–Crippen MR) is 62.0 cm³/mol. The van der Waals surface area contributed by atoms with E-state index in [1.807, 2.05) is 0 Å². The van der Waals surface area contributed by atoms with E-state index in [0.29, 0.717) is 25.0 Å². The zero-order valence-corrected chi connectivity index (χ0v) is 10.5. The maximum absolute atomic E-state index is 13.5. The molecule has 0 unspecified atom stereocenters. The lowest BCUT2D eigenvalue weighted by molar-refractivity contribution is 0.205. The Kier molecular flexibility index (Phi) is 5.62. The van der Waals surface area contributed by atoms with E-state index in [4.69, 9.17) is 4.74 Å². The summed E-state index contributed by atoms with van der Waals surface area (Å²) in [6.07, 6.45) is 1.01. The number of hydrogen-bond acceptors (Lipinski definition) is 3. The summed E-state index contributed by atoms with van der Waals surface area (Å²) in [5.41, 5.74) is 0. The van der Waals surface area contributed by atoms with Crippen molar-refractivity contribution in [1.29, 1.82) is 0 Å². The molecule has 1 heterocycles. The van der Waals surface area contributed by atoms with E-state index in [9.17, 15) is 8.78 Å². The number of hydrogen-bond donors (Lipinski definition) is 0. The van der Waals surface area contributed by atoms with Gasteiger partial charge in [-0.15, -0.1) is 0 Å². The van der Waals surface area contributed by atoms with Gasteiger partial charge < -0.3 is 9.64 Å². The Morgan fingerprint density at radius 2 is 2.19 bits per heavy atom. The van der Waals surface area contributed by atoms with Crippen LogP contribution in [-0.4, -0.2) is 37.1 Å². The number of pyridine rings is 1. The summed E-state index contributed by atoms with van der Waals surface area (Å²) in [5, 5.41) is 0.676. The van der Waals surface area contributed by atoms with Gasteiger partial charge in [0.2, 0.25) is 0 Å². The fraction of sp³-hybridized carbons (Fsp3) is 0.500. The van der Waals surface area contributed by atoms with Gasteiger partial charge in [0.1, 0.15) is 5.82 Å². The Hall–Kier alpha value is -0.750. The summed E-state index contributed by atoms with van der Waals surface area (Å²) in [4.78, 5) is 5.45. The van der Waals surface area contributed by atoms with Crippen LogP contribution < -0.4 is 4.90 Å². The van der Waals surface area contributed by atoms with Crippen LogP contribution in [0.3, 0.4) is 0 Å². The summed E-state index contributed by atoms with van der Waals surface area (Å²) in [5.74, 6) is -1.18. The van der Waals surface area contributed by atoms with Crippen LogP contribution >= 0.6 is 15.9 Å². The van der Waals surface area contributed by atoms with E-state index in [-0.39, 0.29) is 5.82 Å². The molecule has 3 nitrogen and oxygen atoms in total. The Morgan fingerprint density at radius 3 is 2.75 bits per heavy atom. The number of nitrogens with zero attached hydrogens (tertiary/aromatic N) is 2. The molecule has 1 aromatic rings. The Bertz CT molecular complexity index is 339. The van der Waals surface area contributed by atoms with Crippen LogP contribution in [0.2, 0.25) is 0 Å². The zero-order valence-electron chi connectivity index (χ0n) is 8.92. The normalized spacial score (nSPS) is 10.5. The number of anilines is 1. The summed E-state index contributed by atoms with van der Waals surface area (Å²) in [6, 6.07) is 0.830. The first-order chi connectivity index (χ1) is 7.69. The zero-order chi connectivity index (χ0) is 12.0. The number of aromatic nitrogens is 1. The molecule has 0 aliphatic rings. The molecule has 0 bridgehead atoms. The lowest BCUT2D eigenvalue weighted by Crippen LogP contribution is -2.30. The molecule has 0 fully saturated rings. The third kappa shape index (κ3) is 3.68. The molecule has 0 saturated carbocycles. The third-order valence-electron chi connectivity index (χ3n) is 2.01. The molecule has 0 radical (unpaired) electrons. The van der Waals surface area contributed by atoms with Crippen molar-refractivity contribution in [2.24, 2.45) is 0 Å². The van der Waals surface area contributed by atoms with Gasteiger partial charge in [0.25, 0.3) is 0 Å². The lowest BCUT2D eigenvalue weighted by atomic mass is 10.4. The van der Waals surface area contributed by atoms with E-state index < -0.39 is 11.6 Å². The Balaban J connectivity index is 2.82. The molecule has 1 rings (SSSR count). The molecule has 0 saturated heterocycles. The van der Waals surface area contributed by atoms with E-state index in [2.05, 4.69) is 20.9 Å². The first-order valence-electron chi connectivity index (χ1n) is 4.80. The van der Waals surface area contributed by atoms with Crippen molar-refractivity contribution >= 4 is 21.7 Å². The molecular weight excluding hydrogens is 282 g/mol.